The fourth-order valence-electron chi connectivity index (χ4n) is 4.21. The molecule has 8 nitrogen and oxygen atoms in total. The summed E-state index contributed by atoms with van der Waals surface area (Å²) >= 11 is 0. The van der Waals surface area contributed by atoms with Gasteiger partial charge in [-0.05, 0) is 68.2 Å². The number of aromatic nitrogens is 5. The van der Waals surface area contributed by atoms with Gasteiger partial charge in [-0.3, -0.25) is 5.10 Å². The lowest BCUT2D eigenvalue weighted by atomic mass is 10.0. The van der Waals surface area contributed by atoms with Crippen LogP contribution >= 0.6 is 0 Å². The number of H-pyrrole nitrogens is 1. The van der Waals surface area contributed by atoms with E-state index in [-0.39, 0.29) is 0 Å². The molecule has 0 saturated carbocycles. The molecule has 8 heteroatoms. The number of benzene rings is 2. The standard InChI is InChI=1S/C25H31N7O/c1-3-31(2)16-19-4-7-21(8-5-19)32-17-24(28-30-32)25-22-14-20(6-9-23(22)27-29-25)26-15-18-10-12-33-13-11-18/h4-9,14,17-18,26H,3,10-13,15-16H2,1-2H3,(H,27,29). The summed E-state index contributed by atoms with van der Waals surface area (Å²) in [5.41, 5.74) is 5.90. The van der Waals surface area contributed by atoms with Gasteiger partial charge in [-0.15, -0.1) is 5.10 Å². The van der Waals surface area contributed by atoms with Crippen LogP contribution in [0, 0.1) is 5.92 Å². The maximum atomic E-state index is 5.47. The highest BCUT2D eigenvalue weighted by atomic mass is 16.5. The van der Waals surface area contributed by atoms with Crippen LogP contribution in [0.5, 0.6) is 0 Å². The van der Waals surface area contributed by atoms with Gasteiger partial charge in [0.1, 0.15) is 11.4 Å². The highest BCUT2D eigenvalue weighted by molar-refractivity contribution is 5.93. The Morgan fingerprint density at radius 2 is 1.97 bits per heavy atom. The number of anilines is 1. The summed E-state index contributed by atoms with van der Waals surface area (Å²) in [5.74, 6) is 0.659. The van der Waals surface area contributed by atoms with E-state index in [4.69, 9.17) is 4.74 Å². The Morgan fingerprint density at radius 3 is 2.76 bits per heavy atom. The maximum absolute atomic E-state index is 5.47. The summed E-state index contributed by atoms with van der Waals surface area (Å²) in [4.78, 5) is 2.28. The number of fused-ring (bicyclic) bond motifs is 1. The first-order valence-corrected chi connectivity index (χ1v) is 11.7. The monoisotopic (exact) mass is 445 g/mol. The average molecular weight is 446 g/mol. The van der Waals surface area contributed by atoms with Crippen molar-refractivity contribution in [3.63, 3.8) is 0 Å². The molecule has 0 unspecified atom stereocenters. The zero-order valence-electron chi connectivity index (χ0n) is 19.3. The van der Waals surface area contributed by atoms with Gasteiger partial charge in [0.25, 0.3) is 0 Å². The summed E-state index contributed by atoms with van der Waals surface area (Å²) in [6, 6.07) is 14.8. The largest absolute Gasteiger partial charge is 0.385 e. The molecule has 172 valence electrons. The number of nitrogens with zero attached hydrogens (tertiary/aromatic N) is 5. The molecule has 0 spiro atoms. The molecule has 2 N–H and O–H groups in total. The second-order valence-corrected chi connectivity index (χ2v) is 8.81. The van der Waals surface area contributed by atoms with E-state index in [9.17, 15) is 0 Å². The molecule has 0 bridgehead atoms. The summed E-state index contributed by atoms with van der Waals surface area (Å²) in [6.45, 7) is 6.82. The topological polar surface area (TPSA) is 83.9 Å². The van der Waals surface area contributed by atoms with E-state index in [1.807, 2.05) is 6.20 Å². The Morgan fingerprint density at radius 1 is 1.15 bits per heavy atom. The predicted octanol–water partition coefficient (Wildman–Crippen LogP) is 4.10. The van der Waals surface area contributed by atoms with E-state index in [2.05, 4.69) is 87.2 Å². The molecule has 0 amide bonds. The van der Waals surface area contributed by atoms with Gasteiger partial charge in [0, 0.05) is 37.4 Å². The van der Waals surface area contributed by atoms with Gasteiger partial charge in [0.15, 0.2) is 0 Å². The van der Waals surface area contributed by atoms with Crippen LogP contribution in [0.1, 0.15) is 25.3 Å². The fourth-order valence-corrected chi connectivity index (χ4v) is 4.21. The van der Waals surface area contributed by atoms with E-state index in [1.165, 1.54) is 5.56 Å². The van der Waals surface area contributed by atoms with Gasteiger partial charge in [-0.2, -0.15) is 5.10 Å². The lowest BCUT2D eigenvalue weighted by molar-refractivity contribution is 0.0699. The minimum absolute atomic E-state index is 0.659. The van der Waals surface area contributed by atoms with Crippen LogP contribution in [0.2, 0.25) is 0 Å². The van der Waals surface area contributed by atoms with Crippen molar-refractivity contribution in [1.29, 1.82) is 0 Å². The second-order valence-electron chi connectivity index (χ2n) is 8.81. The zero-order valence-corrected chi connectivity index (χ0v) is 19.3. The van der Waals surface area contributed by atoms with Crippen molar-refractivity contribution in [3.8, 4) is 17.1 Å². The summed E-state index contributed by atoms with van der Waals surface area (Å²) in [7, 11) is 2.12. The van der Waals surface area contributed by atoms with Crippen LogP contribution in [0.25, 0.3) is 28.0 Å². The molecule has 1 saturated heterocycles. The van der Waals surface area contributed by atoms with Gasteiger partial charge in [-0.1, -0.05) is 24.3 Å². The van der Waals surface area contributed by atoms with Crippen LogP contribution < -0.4 is 5.32 Å². The lowest BCUT2D eigenvalue weighted by Crippen LogP contribution is -2.22. The van der Waals surface area contributed by atoms with Crippen molar-refractivity contribution in [1.82, 2.24) is 30.1 Å². The van der Waals surface area contributed by atoms with Crippen molar-refractivity contribution in [2.45, 2.75) is 26.3 Å². The van der Waals surface area contributed by atoms with E-state index >= 15 is 0 Å². The van der Waals surface area contributed by atoms with Crippen LogP contribution in [-0.2, 0) is 11.3 Å². The maximum Gasteiger partial charge on any atom is 0.134 e. The number of nitrogens with one attached hydrogen (secondary N) is 2. The fraction of sp³-hybridized carbons (Fsp3) is 0.400. The summed E-state index contributed by atoms with van der Waals surface area (Å²) in [5, 5.41) is 21.0. The summed E-state index contributed by atoms with van der Waals surface area (Å²) < 4.78 is 7.27. The number of aromatic amines is 1. The third-order valence-electron chi connectivity index (χ3n) is 6.43. The quantitative estimate of drug-likeness (QED) is 0.425. The van der Waals surface area contributed by atoms with E-state index in [0.717, 1.165) is 79.4 Å². The molecule has 1 fully saturated rings. The van der Waals surface area contributed by atoms with Crippen molar-refractivity contribution >= 4 is 16.6 Å². The first-order valence-electron chi connectivity index (χ1n) is 11.7. The predicted molar refractivity (Wildman–Crippen MR) is 130 cm³/mol. The molecule has 2 aromatic heterocycles. The van der Waals surface area contributed by atoms with Crippen molar-refractivity contribution in [3.05, 3.63) is 54.2 Å². The lowest BCUT2D eigenvalue weighted by Gasteiger charge is -2.22. The molecule has 0 atom stereocenters. The molecule has 0 aliphatic carbocycles. The van der Waals surface area contributed by atoms with Crippen LogP contribution in [0.3, 0.4) is 0 Å². The number of hydrogen-bond donors (Lipinski definition) is 2. The number of rotatable bonds is 8. The van der Waals surface area contributed by atoms with E-state index < -0.39 is 0 Å². The van der Waals surface area contributed by atoms with E-state index in [0.29, 0.717) is 5.92 Å². The first kappa shape index (κ1) is 21.6. The minimum atomic E-state index is 0.659. The van der Waals surface area contributed by atoms with Gasteiger partial charge >= 0.3 is 0 Å². The molecule has 0 radical (unpaired) electrons. The second kappa shape index (κ2) is 9.72. The Kier molecular flexibility index (Phi) is 6.37. The Hall–Kier alpha value is -3.23. The normalized spacial score (nSPS) is 14.9. The molecular weight excluding hydrogens is 414 g/mol. The van der Waals surface area contributed by atoms with Crippen molar-refractivity contribution in [2.24, 2.45) is 5.92 Å². The molecule has 2 aromatic carbocycles. The Labute approximate surface area is 193 Å². The molecule has 3 heterocycles. The van der Waals surface area contributed by atoms with E-state index in [1.54, 1.807) is 4.68 Å². The van der Waals surface area contributed by atoms with Gasteiger partial charge in [0.05, 0.1) is 17.4 Å². The minimum Gasteiger partial charge on any atom is -0.385 e. The third kappa shape index (κ3) is 4.91. The average Bonchev–Trinajstić information content (AvgIpc) is 3.51. The van der Waals surface area contributed by atoms with Crippen LogP contribution in [0.15, 0.2) is 48.7 Å². The van der Waals surface area contributed by atoms with Crippen LogP contribution in [-0.4, -0.2) is 63.4 Å². The van der Waals surface area contributed by atoms with Gasteiger partial charge < -0.3 is 15.0 Å². The Bertz CT molecular complexity index is 1190. The molecule has 1 aliphatic rings. The Balaban J connectivity index is 1.33. The molecule has 4 aromatic rings. The number of ether oxygens (including phenoxy) is 1. The molecule has 33 heavy (non-hydrogen) atoms. The highest BCUT2D eigenvalue weighted by Gasteiger charge is 2.15. The SMILES string of the molecule is CCN(C)Cc1ccc(-n2cc(-c3n[nH]c4ccc(NCC5CCOCC5)cc34)nn2)cc1. The summed E-state index contributed by atoms with van der Waals surface area (Å²) in [6.07, 6.45) is 4.17. The van der Waals surface area contributed by atoms with Gasteiger partial charge in [-0.25, -0.2) is 4.68 Å². The van der Waals surface area contributed by atoms with Crippen molar-refractivity contribution < 1.29 is 4.74 Å². The molecular formula is C25H31N7O. The molecule has 5 rings (SSSR count). The van der Waals surface area contributed by atoms with Crippen LogP contribution in [0.4, 0.5) is 5.69 Å². The van der Waals surface area contributed by atoms with Crippen molar-refractivity contribution in [2.75, 3.05) is 38.7 Å². The third-order valence-corrected chi connectivity index (χ3v) is 6.43. The molecule has 1 aliphatic heterocycles. The first-order chi connectivity index (χ1) is 16.2. The smallest absolute Gasteiger partial charge is 0.134 e. The highest BCUT2D eigenvalue weighted by Crippen LogP contribution is 2.28. The number of hydrogen-bond acceptors (Lipinski definition) is 6. The zero-order chi connectivity index (χ0) is 22.6. The van der Waals surface area contributed by atoms with Gasteiger partial charge in [0.2, 0.25) is 0 Å².